The van der Waals surface area contributed by atoms with Gasteiger partial charge in [-0.05, 0) is 24.3 Å². The van der Waals surface area contributed by atoms with Crippen LogP contribution >= 0.6 is 0 Å². The second-order valence-electron chi connectivity index (χ2n) is 6.44. The molecule has 1 aromatic rings. The summed E-state index contributed by atoms with van der Waals surface area (Å²) in [5, 5.41) is 5.96. The van der Waals surface area contributed by atoms with E-state index >= 15 is 0 Å². The van der Waals surface area contributed by atoms with Crippen molar-refractivity contribution in [1.29, 1.82) is 0 Å². The summed E-state index contributed by atoms with van der Waals surface area (Å²) in [5.74, 6) is -0.0871. The van der Waals surface area contributed by atoms with Crippen LogP contribution in [-0.4, -0.2) is 23.9 Å². The van der Waals surface area contributed by atoms with Crippen molar-refractivity contribution < 1.29 is 9.59 Å². The maximum atomic E-state index is 12.4. The second-order valence-corrected chi connectivity index (χ2v) is 6.44. The Kier molecular flexibility index (Phi) is 5.99. The minimum atomic E-state index is -0.461. The van der Waals surface area contributed by atoms with Gasteiger partial charge in [0.15, 0.2) is 0 Å². The molecule has 2 N–H and O–H groups in total. The van der Waals surface area contributed by atoms with Gasteiger partial charge in [-0.25, -0.2) is 0 Å². The van der Waals surface area contributed by atoms with Gasteiger partial charge in [-0.15, -0.1) is 0 Å². The highest BCUT2D eigenvalue weighted by Crippen LogP contribution is 2.18. The van der Waals surface area contributed by atoms with Crippen LogP contribution < -0.4 is 10.6 Å². The fourth-order valence-electron chi connectivity index (χ4n) is 2.90. The summed E-state index contributed by atoms with van der Waals surface area (Å²) < 4.78 is 0. The molecule has 0 spiro atoms. The number of rotatable bonds is 6. The van der Waals surface area contributed by atoms with Crippen LogP contribution in [0, 0.1) is 5.92 Å². The average Bonchev–Trinajstić information content (AvgIpc) is 2.98. The maximum absolute atomic E-state index is 12.4. The van der Waals surface area contributed by atoms with E-state index in [-0.39, 0.29) is 23.8 Å². The Morgan fingerprint density at radius 1 is 1.14 bits per heavy atom. The molecule has 1 aliphatic rings. The van der Waals surface area contributed by atoms with Gasteiger partial charge in [-0.3, -0.25) is 9.59 Å². The molecule has 2 amide bonds. The van der Waals surface area contributed by atoms with Crippen LogP contribution in [0.15, 0.2) is 30.3 Å². The molecule has 0 unspecified atom stereocenters. The molecular formula is C18H26N2O2. The van der Waals surface area contributed by atoms with Crippen LogP contribution in [0.4, 0.5) is 0 Å². The first kappa shape index (κ1) is 16.5. The SMILES string of the molecule is CC(C)[C@H](NC(=O)Cc1ccccc1)C(=O)NC1CCCC1. The van der Waals surface area contributed by atoms with Gasteiger partial charge >= 0.3 is 0 Å². The van der Waals surface area contributed by atoms with Gasteiger partial charge in [0, 0.05) is 6.04 Å². The van der Waals surface area contributed by atoms with E-state index in [4.69, 9.17) is 0 Å². The summed E-state index contributed by atoms with van der Waals surface area (Å²) in [6.45, 7) is 3.92. The Hall–Kier alpha value is -1.84. The van der Waals surface area contributed by atoms with E-state index in [0.29, 0.717) is 6.42 Å². The number of nitrogens with one attached hydrogen (secondary N) is 2. The molecule has 4 heteroatoms. The quantitative estimate of drug-likeness (QED) is 0.848. The van der Waals surface area contributed by atoms with E-state index < -0.39 is 6.04 Å². The zero-order valence-electron chi connectivity index (χ0n) is 13.5. The minimum Gasteiger partial charge on any atom is -0.352 e. The van der Waals surface area contributed by atoms with Gasteiger partial charge in [-0.1, -0.05) is 57.0 Å². The van der Waals surface area contributed by atoms with E-state index in [0.717, 1.165) is 18.4 Å². The highest BCUT2D eigenvalue weighted by atomic mass is 16.2. The normalized spacial score (nSPS) is 16.5. The number of benzene rings is 1. The molecule has 0 aliphatic heterocycles. The van der Waals surface area contributed by atoms with Crippen molar-refractivity contribution in [3.63, 3.8) is 0 Å². The van der Waals surface area contributed by atoms with Gasteiger partial charge in [0.25, 0.3) is 0 Å². The fraction of sp³-hybridized carbons (Fsp3) is 0.556. The predicted octanol–water partition coefficient (Wildman–Crippen LogP) is 2.43. The smallest absolute Gasteiger partial charge is 0.243 e. The second kappa shape index (κ2) is 7.97. The van der Waals surface area contributed by atoms with E-state index in [1.807, 2.05) is 44.2 Å². The lowest BCUT2D eigenvalue weighted by Crippen LogP contribution is -2.52. The minimum absolute atomic E-state index is 0.0525. The molecule has 120 valence electrons. The van der Waals surface area contributed by atoms with E-state index in [1.165, 1.54) is 12.8 Å². The Labute approximate surface area is 132 Å². The average molecular weight is 302 g/mol. The van der Waals surface area contributed by atoms with Crippen molar-refractivity contribution in [3.05, 3.63) is 35.9 Å². The van der Waals surface area contributed by atoms with Crippen LogP contribution in [0.3, 0.4) is 0 Å². The molecule has 0 heterocycles. The summed E-state index contributed by atoms with van der Waals surface area (Å²) in [4.78, 5) is 24.6. The molecular weight excluding hydrogens is 276 g/mol. The molecule has 0 bridgehead atoms. The zero-order valence-corrected chi connectivity index (χ0v) is 13.5. The molecule has 22 heavy (non-hydrogen) atoms. The van der Waals surface area contributed by atoms with Gasteiger partial charge in [0.1, 0.15) is 6.04 Å². The van der Waals surface area contributed by atoms with Crippen LogP contribution in [0.25, 0.3) is 0 Å². The summed E-state index contributed by atoms with van der Waals surface area (Å²) >= 11 is 0. The summed E-state index contributed by atoms with van der Waals surface area (Å²) in [6, 6.07) is 9.40. The first-order valence-electron chi connectivity index (χ1n) is 8.20. The van der Waals surface area contributed by atoms with Crippen molar-refractivity contribution in [2.24, 2.45) is 5.92 Å². The molecule has 4 nitrogen and oxygen atoms in total. The van der Waals surface area contributed by atoms with Gasteiger partial charge in [0.05, 0.1) is 6.42 Å². The number of hydrogen-bond acceptors (Lipinski definition) is 2. The Morgan fingerprint density at radius 2 is 1.77 bits per heavy atom. The molecule has 0 aromatic heterocycles. The summed E-state index contributed by atoms with van der Waals surface area (Å²) in [5.41, 5.74) is 0.957. The number of hydrogen-bond donors (Lipinski definition) is 2. The number of carbonyl (C=O) groups is 2. The Bertz CT molecular complexity index is 493. The highest BCUT2D eigenvalue weighted by molar-refractivity contribution is 5.88. The third-order valence-corrected chi connectivity index (χ3v) is 4.17. The third kappa shape index (κ3) is 4.86. The van der Waals surface area contributed by atoms with Crippen LogP contribution in [0.2, 0.25) is 0 Å². The lowest BCUT2D eigenvalue weighted by Gasteiger charge is -2.24. The Balaban J connectivity index is 1.90. The standard InChI is InChI=1S/C18H26N2O2/c1-13(2)17(18(22)19-15-10-6-7-11-15)20-16(21)12-14-8-4-3-5-9-14/h3-5,8-9,13,15,17H,6-7,10-12H2,1-2H3,(H,19,22)(H,20,21)/t17-/m0/s1. The first-order valence-corrected chi connectivity index (χ1v) is 8.20. The largest absolute Gasteiger partial charge is 0.352 e. The van der Waals surface area contributed by atoms with Crippen LogP contribution in [-0.2, 0) is 16.0 Å². The van der Waals surface area contributed by atoms with Crippen molar-refractivity contribution in [2.45, 2.75) is 58.0 Å². The van der Waals surface area contributed by atoms with Gasteiger partial charge < -0.3 is 10.6 Å². The molecule has 1 fully saturated rings. The van der Waals surface area contributed by atoms with Crippen molar-refractivity contribution in [2.75, 3.05) is 0 Å². The van der Waals surface area contributed by atoms with E-state index in [1.54, 1.807) is 0 Å². The molecule has 1 atom stereocenters. The van der Waals surface area contributed by atoms with E-state index in [2.05, 4.69) is 10.6 Å². The topological polar surface area (TPSA) is 58.2 Å². The fourth-order valence-corrected chi connectivity index (χ4v) is 2.90. The van der Waals surface area contributed by atoms with Gasteiger partial charge in [-0.2, -0.15) is 0 Å². The predicted molar refractivity (Wildman–Crippen MR) is 87.3 cm³/mol. The number of amides is 2. The third-order valence-electron chi connectivity index (χ3n) is 4.17. The highest BCUT2D eigenvalue weighted by Gasteiger charge is 2.27. The van der Waals surface area contributed by atoms with Crippen LogP contribution in [0.5, 0.6) is 0 Å². The lowest BCUT2D eigenvalue weighted by atomic mass is 10.0. The summed E-state index contributed by atoms with van der Waals surface area (Å²) in [7, 11) is 0. The molecule has 2 rings (SSSR count). The van der Waals surface area contributed by atoms with Gasteiger partial charge in [0.2, 0.25) is 11.8 Å². The zero-order chi connectivity index (χ0) is 15.9. The van der Waals surface area contributed by atoms with Crippen LogP contribution in [0.1, 0.15) is 45.1 Å². The first-order chi connectivity index (χ1) is 10.6. The number of carbonyl (C=O) groups excluding carboxylic acids is 2. The molecule has 0 radical (unpaired) electrons. The molecule has 1 aromatic carbocycles. The molecule has 1 aliphatic carbocycles. The van der Waals surface area contributed by atoms with Crippen molar-refractivity contribution in [1.82, 2.24) is 10.6 Å². The Morgan fingerprint density at radius 3 is 2.36 bits per heavy atom. The maximum Gasteiger partial charge on any atom is 0.243 e. The van der Waals surface area contributed by atoms with Crippen molar-refractivity contribution in [3.8, 4) is 0 Å². The monoisotopic (exact) mass is 302 g/mol. The molecule has 1 saturated carbocycles. The molecule has 0 saturated heterocycles. The van der Waals surface area contributed by atoms with E-state index in [9.17, 15) is 9.59 Å². The lowest BCUT2D eigenvalue weighted by molar-refractivity contribution is -0.130. The summed E-state index contributed by atoms with van der Waals surface area (Å²) in [6.07, 6.45) is 4.76. The van der Waals surface area contributed by atoms with Crippen molar-refractivity contribution >= 4 is 11.8 Å².